The Kier molecular flexibility index (Phi) is 2.19. The number of nitrogen functional groups attached to an aromatic ring is 1. The average molecular weight is 201 g/mol. The summed E-state index contributed by atoms with van der Waals surface area (Å²) >= 11 is 0. The lowest BCUT2D eigenvalue weighted by molar-refractivity contribution is 0.661. The quantitative estimate of drug-likeness (QED) is 0.641. The van der Waals surface area contributed by atoms with Gasteiger partial charge in [0.2, 0.25) is 0 Å². The Labute approximate surface area is 91.7 Å². The Balaban J connectivity index is 2.16. The van der Waals surface area contributed by atoms with Crippen LogP contribution in [0.3, 0.4) is 0 Å². The first-order valence-corrected chi connectivity index (χ1v) is 6.28. The first kappa shape index (κ1) is 9.26. The van der Waals surface area contributed by atoms with Gasteiger partial charge >= 0.3 is 0 Å². The second-order valence-corrected chi connectivity index (χ2v) is 4.98. The molecule has 1 heteroatoms. The molecule has 2 N–H and O–H groups in total. The minimum absolute atomic E-state index is 1.15. The van der Waals surface area contributed by atoms with Crippen molar-refractivity contribution in [2.45, 2.75) is 51.4 Å². The summed E-state index contributed by atoms with van der Waals surface area (Å²) in [6.07, 6.45) is 10.3. The van der Waals surface area contributed by atoms with Crippen LogP contribution in [0.2, 0.25) is 0 Å². The summed E-state index contributed by atoms with van der Waals surface area (Å²) in [6, 6.07) is 2.46. The van der Waals surface area contributed by atoms with Crippen molar-refractivity contribution >= 4 is 5.69 Å². The molecule has 0 heterocycles. The topological polar surface area (TPSA) is 26.0 Å². The summed E-state index contributed by atoms with van der Waals surface area (Å²) < 4.78 is 0. The third kappa shape index (κ3) is 1.45. The largest absolute Gasteiger partial charge is 0.398 e. The molecule has 15 heavy (non-hydrogen) atoms. The van der Waals surface area contributed by atoms with Gasteiger partial charge in [0.25, 0.3) is 0 Å². The molecule has 0 radical (unpaired) electrons. The highest BCUT2D eigenvalue weighted by Crippen LogP contribution is 2.35. The lowest BCUT2D eigenvalue weighted by Crippen LogP contribution is -2.14. The van der Waals surface area contributed by atoms with Crippen molar-refractivity contribution in [3.63, 3.8) is 0 Å². The predicted molar refractivity (Wildman–Crippen MR) is 64.1 cm³/mol. The van der Waals surface area contributed by atoms with Crippen molar-refractivity contribution in [3.05, 3.63) is 28.3 Å². The van der Waals surface area contributed by atoms with Gasteiger partial charge in [-0.2, -0.15) is 0 Å². The minimum atomic E-state index is 1.15. The standard InChI is InChI=1S/C14H19N/c15-14-12-7-3-1-5-10(12)9-11-6-2-4-8-13(11)14/h9H,1-8,15H2. The summed E-state index contributed by atoms with van der Waals surface area (Å²) in [5.74, 6) is 0. The fourth-order valence-corrected chi connectivity index (χ4v) is 3.18. The minimum Gasteiger partial charge on any atom is -0.398 e. The van der Waals surface area contributed by atoms with Crippen molar-refractivity contribution in [1.82, 2.24) is 0 Å². The van der Waals surface area contributed by atoms with Crippen LogP contribution in [-0.4, -0.2) is 0 Å². The molecule has 0 atom stereocenters. The van der Waals surface area contributed by atoms with Crippen molar-refractivity contribution in [2.75, 3.05) is 5.73 Å². The van der Waals surface area contributed by atoms with Gasteiger partial charge in [-0.05, 0) is 73.6 Å². The zero-order valence-electron chi connectivity index (χ0n) is 9.31. The molecule has 1 nitrogen and oxygen atoms in total. The summed E-state index contributed by atoms with van der Waals surface area (Å²) in [7, 11) is 0. The molecular weight excluding hydrogens is 182 g/mol. The molecule has 1 aromatic carbocycles. The van der Waals surface area contributed by atoms with Crippen LogP contribution in [-0.2, 0) is 25.7 Å². The smallest absolute Gasteiger partial charge is 0.0384 e. The van der Waals surface area contributed by atoms with E-state index in [1.54, 1.807) is 11.1 Å². The van der Waals surface area contributed by atoms with E-state index in [1.165, 1.54) is 62.5 Å². The fraction of sp³-hybridized carbons (Fsp3) is 0.571. The second kappa shape index (κ2) is 3.55. The predicted octanol–water partition coefficient (Wildman–Crippen LogP) is 3.03. The van der Waals surface area contributed by atoms with E-state index in [0.717, 1.165) is 5.69 Å². The first-order valence-electron chi connectivity index (χ1n) is 6.28. The zero-order chi connectivity index (χ0) is 10.3. The van der Waals surface area contributed by atoms with Crippen LogP contribution in [0.1, 0.15) is 47.9 Å². The first-order chi connectivity index (χ1) is 7.36. The van der Waals surface area contributed by atoms with Crippen molar-refractivity contribution in [3.8, 4) is 0 Å². The SMILES string of the molecule is Nc1c2c(cc3c1CCCC3)CCCC2. The van der Waals surface area contributed by atoms with Gasteiger partial charge in [0.1, 0.15) is 0 Å². The van der Waals surface area contributed by atoms with E-state index in [2.05, 4.69) is 6.07 Å². The lowest BCUT2D eigenvalue weighted by Gasteiger charge is -2.25. The van der Waals surface area contributed by atoms with Gasteiger partial charge in [0.05, 0.1) is 0 Å². The molecule has 0 saturated carbocycles. The van der Waals surface area contributed by atoms with Crippen LogP contribution in [0.25, 0.3) is 0 Å². The van der Waals surface area contributed by atoms with Crippen molar-refractivity contribution in [2.24, 2.45) is 0 Å². The molecule has 0 spiro atoms. The number of benzene rings is 1. The average Bonchev–Trinajstić information content (AvgIpc) is 2.30. The normalized spacial score (nSPS) is 19.5. The van der Waals surface area contributed by atoms with Crippen LogP contribution in [0.5, 0.6) is 0 Å². The number of hydrogen-bond donors (Lipinski definition) is 1. The number of aryl methyl sites for hydroxylation is 2. The van der Waals surface area contributed by atoms with E-state index < -0.39 is 0 Å². The third-order valence-electron chi connectivity index (χ3n) is 4.02. The molecule has 0 saturated heterocycles. The van der Waals surface area contributed by atoms with Crippen LogP contribution in [0.4, 0.5) is 5.69 Å². The molecule has 1 aromatic rings. The maximum Gasteiger partial charge on any atom is 0.0384 e. The Bertz CT molecular complexity index is 359. The van der Waals surface area contributed by atoms with Gasteiger partial charge in [0, 0.05) is 5.69 Å². The van der Waals surface area contributed by atoms with Crippen molar-refractivity contribution < 1.29 is 0 Å². The second-order valence-electron chi connectivity index (χ2n) is 4.98. The zero-order valence-corrected chi connectivity index (χ0v) is 9.31. The van der Waals surface area contributed by atoms with Gasteiger partial charge in [-0.25, -0.2) is 0 Å². The number of fused-ring (bicyclic) bond motifs is 2. The van der Waals surface area contributed by atoms with Crippen LogP contribution < -0.4 is 5.73 Å². The molecule has 0 amide bonds. The van der Waals surface area contributed by atoms with E-state index in [4.69, 9.17) is 5.73 Å². The Morgan fingerprint density at radius 2 is 1.20 bits per heavy atom. The van der Waals surface area contributed by atoms with E-state index in [0.29, 0.717) is 0 Å². The molecule has 80 valence electrons. The highest BCUT2D eigenvalue weighted by Gasteiger charge is 2.19. The summed E-state index contributed by atoms with van der Waals surface area (Å²) in [5, 5.41) is 0. The Morgan fingerprint density at radius 3 is 1.73 bits per heavy atom. The third-order valence-corrected chi connectivity index (χ3v) is 4.02. The molecule has 0 bridgehead atoms. The maximum absolute atomic E-state index is 6.32. The molecule has 2 aliphatic carbocycles. The van der Waals surface area contributed by atoms with Gasteiger partial charge in [-0.3, -0.25) is 0 Å². The lowest BCUT2D eigenvalue weighted by atomic mass is 9.82. The summed E-state index contributed by atoms with van der Waals surface area (Å²) in [4.78, 5) is 0. The fourth-order valence-electron chi connectivity index (χ4n) is 3.18. The van der Waals surface area contributed by atoms with Crippen LogP contribution in [0.15, 0.2) is 6.07 Å². The van der Waals surface area contributed by atoms with E-state index in [1.807, 2.05) is 0 Å². The van der Waals surface area contributed by atoms with E-state index in [-0.39, 0.29) is 0 Å². The number of nitrogens with two attached hydrogens (primary N) is 1. The maximum atomic E-state index is 6.32. The number of hydrogen-bond acceptors (Lipinski definition) is 1. The highest BCUT2D eigenvalue weighted by atomic mass is 14.6. The molecule has 3 rings (SSSR count). The molecule has 2 aliphatic rings. The molecule has 0 unspecified atom stereocenters. The van der Waals surface area contributed by atoms with Gasteiger partial charge in [-0.1, -0.05) is 6.07 Å². The highest BCUT2D eigenvalue weighted by molar-refractivity contribution is 5.61. The van der Waals surface area contributed by atoms with Crippen LogP contribution in [0, 0.1) is 0 Å². The molecular formula is C14H19N. The molecule has 0 aliphatic heterocycles. The van der Waals surface area contributed by atoms with E-state index >= 15 is 0 Å². The Morgan fingerprint density at radius 1 is 0.733 bits per heavy atom. The Hall–Kier alpha value is -0.980. The van der Waals surface area contributed by atoms with Gasteiger partial charge < -0.3 is 5.73 Å². The van der Waals surface area contributed by atoms with Crippen molar-refractivity contribution in [1.29, 1.82) is 0 Å². The van der Waals surface area contributed by atoms with Gasteiger partial charge in [-0.15, -0.1) is 0 Å². The number of rotatable bonds is 0. The molecule has 0 fully saturated rings. The molecule has 0 aromatic heterocycles. The monoisotopic (exact) mass is 201 g/mol. The van der Waals surface area contributed by atoms with Crippen LogP contribution >= 0.6 is 0 Å². The summed E-state index contributed by atoms with van der Waals surface area (Å²) in [6.45, 7) is 0. The van der Waals surface area contributed by atoms with Gasteiger partial charge in [0.15, 0.2) is 0 Å². The summed E-state index contributed by atoms with van der Waals surface area (Å²) in [5.41, 5.74) is 13.6. The number of anilines is 1. The van der Waals surface area contributed by atoms with E-state index in [9.17, 15) is 0 Å².